The van der Waals surface area contributed by atoms with Crippen LogP contribution >= 0.6 is 0 Å². The second kappa shape index (κ2) is 4.64. The van der Waals surface area contributed by atoms with Crippen molar-refractivity contribution in [3.63, 3.8) is 0 Å². The Kier molecular flexibility index (Phi) is 3.75. The van der Waals surface area contributed by atoms with Gasteiger partial charge in [0.25, 0.3) is 0 Å². The van der Waals surface area contributed by atoms with E-state index in [9.17, 15) is 4.79 Å². The number of nitrogens with one attached hydrogen (secondary N) is 3. The van der Waals surface area contributed by atoms with Crippen molar-refractivity contribution in [3.05, 3.63) is 0 Å². The molecule has 0 heterocycles. The molecule has 0 bridgehead atoms. The molecule has 0 saturated heterocycles. The zero-order chi connectivity index (χ0) is 10.6. The fourth-order valence-corrected chi connectivity index (χ4v) is 1.32. The van der Waals surface area contributed by atoms with Crippen LogP contribution in [0.4, 0.5) is 4.79 Å². The highest BCUT2D eigenvalue weighted by molar-refractivity contribution is 5.74. The van der Waals surface area contributed by atoms with Gasteiger partial charge in [-0.15, -0.1) is 0 Å². The molecule has 0 atom stereocenters. The Hall–Kier alpha value is -0.770. The van der Waals surface area contributed by atoms with Crippen LogP contribution in [0, 0.1) is 5.41 Å². The van der Waals surface area contributed by atoms with E-state index < -0.39 is 0 Å². The van der Waals surface area contributed by atoms with Gasteiger partial charge in [0.1, 0.15) is 0 Å². The maximum absolute atomic E-state index is 11.3. The fourth-order valence-electron chi connectivity index (χ4n) is 1.32. The largest absolute Gasteiger partial charge is 0.338 e. The number of amides is 2. The van der Waals surface area contributed by atoms with Gasteiger partial charge < -0.3 is 16.0 Å². The number of carbonyl (C=O) groups is 1. The van der Waals surface area contributed by atoms with Crippen molar-refractivity contribution < 1.29 is 4.79 Å². The van der Waals surface area contributed by atoms with Crippen molar-refractivity contribution in [2.24, 2.45) is 5.41 Å². The van der Waals surface area contributed by atoms with E-state index in [0.29, 0.717) is 12.6 Å². The van der Waals surface area contributed by atoms with E-state index in [1.54, 1.807) is 0 Å². The summed E-state index contributed by atoms with van der Waals surface area (Å²) < 4.78 is 0. The summed E-state index contributed by atoms with van der Waals surface area (Å²) >= 11 is 0. The first-order valence-electron chi connectivity index (χ1n) is 5.22. The van der Waals surface area contributed by atoms with Crippen LogP contribution in [0.2, 0.25) is 0 Å². The van der Waals surface area contributed by atoms with Crippen LogP contribution < -0.4 is 16.0 Å². The fraction of sp³-hybridized carbons (Fsp3) is 0.900. The first kappa shape index (κ1) is 11.3. The van der Waals surface area contributed by atoms with Crippen molar-refractivity contribution in [2.75, 3.05) is 20.1 Å². The first-order valence-corrected chi connectivity index (χ1v) is 5.22. The molecule has 2 amide bonds. The van der Waals surface area contributed by atoms with Crippen molar-refractivity contribution >= 4 is 6.03 Å². The Bertz CT molecular complexity index is 200. The van der Waals surface area contributed by atoms with Gasteiger partial charge in [0.05, 0.1) is 0 Å². The van der Waals surface area contributed by atoms with Crippen LogP contribution in [-0.4, -0.2) is 32.2 Å². The maximum Gasteiger partial charge on any atom is 0.315 e. The van der Waals surface area contributed by atoms with Crippen LogP contribution in [0.5, 0.6) is 0 Å². The topological polar surface area (TPSA) is 53.2 Å². The van der Waals surface area contributed by atoms with E-state index in [1.165, 1.54) is 0 Å². The van der Waals surface area contributed by atoms with Crippen LogP contribution in [0.1, 0.15) is 26.7 Å². The minimum Gasteiger partial charge on any atom is -0.338 e. The molecule has 1 rings (SSSR count). The van der Waals surface area contributed by atoms with E-state index in [1.807, 2.05) is 7.05 Å². The molecule has 0 aromatic rings. The molecule has 0 aromatic carbocycles. The summed E-state index contributed by atoms with van der Waals surface area (Å²) in [5, 5.41) is 8.90. The summed E-state index contributed by atoms with van der Waals surface area (Å²) in [7, 11) is 1.92. The number of rotatable bonds is 5. The van der Waals surface area contributed by atoms with E-state index in [0.717, 1.165) is 19.4 Å². The normalized spacial score (nSPS) is 16.5. The molecule has 0 radical (unpaired) electrons. The molecule has 3 N–H and O–H groups in total. The molecule has 4 heteroatoms. The Morgan fingerprint density at radius 3 is 2.50 bits per heavy atom. The first-order chi connectivity index (χ1) is 6.53. The molecular formula is C10H21N3O. The second-order valence-corrected chi connectivity index (χ2v) is 4.80. The van der Waals surface area contributed by atoms with Crippen molar-refractivity contribution in [3.8, 4) is 0 Å². The highest BCUT2D eigenvalue weighted by Crippen LogP contribution is 2.18. The van der Waals surface area contributed by atoms with Crippen molar-refractivity contribution in [2.45, 2.75) is 32.7 Å². The lowest BCUT2D eigenvalue weighted by Crippen LogP contribution is -2.44. The summed E-state index contributed by atoms with van der Waals surface area (Å²) in [4.78, 5) is 11.3. The number of carbonyl (C=O) groups excluding carboxylic acids is 1. The third-order valence-corrected chi connectivity index (χ3v) is 2.30. The van der Waals surface area contributed by atoms with Crippen LogP contribution in [0.25, 0.3) is 0 Å². The van der Waals surface area contributed by atoms with Crippen molar-refractivity contribution in [1.29, 1.82) is 0 Å². The molecule has 0 spiro atoms. The van der Waals surface area contributed by atoms with Crippen molar-refractivity contribution in [1.82, 2.24) is 16.0 Å². The summed E-state index contributed by atoms with van der Waals surface area (Å²) in [6.07, 6.45) is 2.26. The zero-order valence-corrected chi connectivity index (χ0v) is 9.31. The molecule has 1 fully saturated rings. The summed E-state index contributed by atoms with van der Waals surface area (Å²) in [5.74, 6) is 0. The Balaban J connectivity index is 2.13. The smallest absolute Gasteiger partial charge is 0.315 e. The van der Waals surface area contributed by atoms with E-state index in [4.69, 9.17) is 0 Å². The van der Waals surface area contributed by atoms with E-state index in [-0.39, 0.29) is 11.4 Å². The molecule has 0 aromatic heterocycles. The van der Waals surface area contributed by atoms with Crippen LogP contribution in [0.15, 0.2) is 0 Å². The Labute approximate surface area is 85.8 Å². The molecule has 1 aliphatic rings. The van der Waals surface area contributed by atoms with Gasteiger partial charge in [-0.3, -0.25) is 0 Å². The van der Waals surface area contributed by atoms with E-state index >= 15 is 0 Å². The van der Waals surface area contributed by atoms with Gasteiger partial charge in [0.2, 0.25) is 0 Å². The highest BCUT2D eigenvalue weighted by Gasteiger charge is 2.24. The van der Waals surface area contributed by atoms with E-state index in [2.05, 4.69) is 29.8 Å². The van der Waals surface area contributed by atoms with Gasteiger partial charge in [-0.2, -0.15) is 0 Å². The van der Waals surface area contributed by atoms with Crippen LogP contribution in [-0.2, 0) is 0 Å². The Morgan fingerprint density at radius 1 is 1.36 bits per heavy atom. The molecule has 1 aliphatic carbocycles. The minimum atomic E-state index is -0.0309. The van der Waals surface area contributed by atoms with Gasteiger partial charge >= 0.3 is 6.03 Å². The Morgan fingerprint density at radius 2 is 2.00 bits per heavy atom. The number of urea groups is 1. The monoisotopic (exact) mass is 199 g/mol. The molecule has 0 aliphatic heterocycles. The SMILES string of the molecule is CNCC(C)(C)CNC(=O)NC1CC1. The lowest BCUT2D eigenvalue weighted by atomic mass is 9.94. The summed E-state index contributed by atoms with van der Waals surface area (Å²) in [6.45, 7) is 5.85. The number of hydrogen-bond donors (Lipinski definition) is 3. The third kappa shape index (κ3) is 4.46. The lowest BCUT2D eigenvalue weighted by Gasteiger charge is -2.24. The average Bonchev–Trinajstić information content (AvgIpc) is 2.85. The molecule has 82 valence electrons. The maximum atomic E-state index is 11.3. The third-order valence-electron chi connectivity index (χ3n) is 2.30. The standard InChI is InChI=1S/C10H21N3O/c1-10(2,6-11-3)7-12-9(14)13-8-4-5-8/h8,11H,4-7H2,1-3H3,(H2,12,13,14). The minimum absolute atomic E-state index is 0.0309. The molecular weight excluding hydrogens is 178 g/mol. The van der Waals surface area contributed by atoms with Gasteiger partial charge in [-0.1, -0.05) is 13.8 Å². The highest BCUT2D eigenvalue weighted by atomic mass is 16.2. The van der Waals surface area contributed by atoms with Gasteiger partial charge in [-0.05, 0) is 25.3 Å². The molecule has 1 saturated carbocycles. The predicted octanol–water partition coefficient (Wildman–Crippen LogP) is 0.694. The molecule has 14 heavy (non-hydrogen) atoms. The zero-order valence-electron chi connectivity index (χ0n) is 9.31. The van der Waals surface area contributed by atoms with Gasteiger partial charge in [0.15, 0.2) is 0 Å². The number of hydrogen-bond acceptors (Lipinski definition) is 2. The molecule has 4 nitrogen and oxygen atoms in total. The summed E-state index contributed by atoms with van der Waals surface area (Å²) in [5.41, 5.74) is 0.107. The lowest BCUT2D eigenvalue weighted by molar-refractivity contribution is 0.233. The summed E-state index contributed by atoms with van der Waals surface area (Å²) in [6, 6.07) is 0.402. The van der Waals surface area contributed by atoms with Crippen LogP contribution in [0.3, 0.4) is 0 Å². The van der Waals surface area contributed by atoms with Gasteiger partial charge in [-0.25, -0.2) is 4.79 Å². The quantitative estimate of drug-likeness (QED) is 0.610. The van der Waals surface area contributed by atoms with Gasteiger partial charge in [0, 0.05) is 19.1 Å². The molecule has 0 unspecified atom stereocenters. The second-order valence-electron chi connectivity index (χ2n) is 4.80. The predicted molar refractivity (Wildman–Crippen MR) is 57.3 cm³/mol. The average molecular weight is 199 g/mol.